The summed E-state index contributed by atoms with van der Waals surface area (Å²) in [6.07, 6.45) is 13.4. The fraction of sp³-hybridized carbons (Fsp3) is 0.550. The van der Waals surface area contributed by atoms with E-state index in [9.17, 15) is 4.79 Å². The van der Waals surface area contributed by atoms with Crippen LogP contribution in [0.3, 0.4) is 0 Å². The predicted octanol–water partition coefficient (Wildman–Crippen LogP) is 4.41. The molecule has 1 aromatic carbocycles. The lowest BCUT2D eigenvalue weighted by molar-refractivity contribution is -0.135. The van der Waals surface area contributed by atoms with Gasteiger partial charge in [0.15, 0.2) is 0 Å². The number of carbonyl (C=O) groups is 1. The summed E-state index contributed by atoms with van der Waals surface area (Å²) < 4.78 is 0. The van der Waals surface area contributed by atoms with Crippen LogP contribution in [0.25, 0.3) is 0 Å². The first-order valence-corrected chi connectivity index (χ1v) is 8.88. The van der Waals surface area contributed by atoms with E-state index in [4.69, 9.17) is 0 Å². The molecular formula is C20H25NO. The number of carbonyl (C=O) groups excluding carboxylic acids is 1. The van der Waals surface area contributed by atoms with E-state index >= 15 is 0 Å². The first-order valence-electron chi connectivity index (χ1n) is 8.88. The van der Waals surface area contributed by atoms with Gasteiger partial charge in [0.2, 0.25) is 5.91 Å². The topological polar surface area (TPSA) is 20.3 Å². The van der Waals surface area contributed by atoms with Crippen LogP contribution in [0.1, 0.15) is 62.1 Å². The van der Waals surface area contributed by atoms with Gasteiger partial charge in [0.05, 0.1) is 6.04 Å². The van der Waals surface area contributed by atoms with E-state index in [1.807, 2.05) is 0 Å². The first-order chi connectivity index (χ1) is 10.8. The van der Waals surface area contributed by atoms with Crippen molar-refractivity contribution >= 4 is 5.91 Å². The fourth-order valence-corrected chi connectivity index (χ4v) is 4.20. The highest BCUT2D eigenvalue weighted by Crippen LogP contribution is 2.41. The maximum Gasteiger partial charge on any atom is 0.223 e. The summed E-state index contributed by atoms with van der Waals surface area (Å²) in [4.78, 5) is 15.2. The first kappa shape index (κ1) is 14.0. The Bertz CT molecular complexity index is 587. The van der Waals surface area contributed by atoms with Crippen LogP contribution in [-0.4, -0.2) is 16.8 Å². The molecule has 4 rings (SSSR count). The molecule has 1 saturated carbocycles. The molecule has 0 aliphatic heterocycles. The van der Waals surface area contributed by atoms with Gasteiger partial charge in [-0.2, -0.15) is 0 Å². The van der Waals surface area contributed by atoms with Gasteiger partial charge in [-0.05, 0) is 62.0 Å². The number of hydrogen-bond donors (Lipinski definition) is 0. The van der Waals surface area contributed by atoms with Crippen molar-refractivity contribution in [3.63, 3.8) is 0 Å². The zero-order valence-corrected chi connectivity index (χ0v) is 13.2. The summed E-state index contributed by atoms with van der Waals surface area (Å²) in [5, 5.41) is 0. The molecule has 0 N–H and O–H groups in total. The van der Waals surface area contributed by atoms with Gasteiger partial charge in [-0.1, -0.05) is 36.4 Å². The molecule has 3 aliphatic rings. The number of nitrogens with zero attached hydrogens (tertiary/aromatic N) is 1. The Labute approximate surface area is 133 Å². The number of allylic oxidation sites excluding steroid dienone is 2. The number of fused-ring (bicyclic) bond motifs is 1. The molecule has 0 spiro atoms. The molecule has 1 amide bonds. The van der Waals surface area contributed by atoms with E-state index in [-0.39, 0.29) is 0 Å². The number of rotatable bonds is 4. The van der Waals surface area contributed by atoms with E-state index in [1.165, 1.54) is 36.8 Å². The van der Waals surface area contributed by atoms with Crippen LogP contribution in [0.4, 0.5) is 0 Å². The second-order valence-electron chi connectivity index (χ2n) is 7.11. The normalized spacial score (nSPS) is 26.7. The molecular weight excluding hydrogens is 270 g/mol. The zero-order chi connectivity index (χ0) is 14.9. The van der Waals surface area contributed by atoms with Gasteiger partial charge in [0.25, 0.3) is 0 Å². The van der Waals surface area contributed by atoms with Gasteiger partial charge < -0.3 is 4.90 Å². The minimum atomic E-state index is 0.329. The molecule has 0 aromatic heterocycles. The number of amides is 1. The monoisotopic (exact) mass is 295 g/mol. The van der Waals surface area contributed by atoms with Crippen LogP contribution in [-0.2, 0) is 11.2 Å². The maximum absolute atomic E-state index is 13.0. The maximum atomic E-state index is 13.0. The molecule has 2 nitrogen and oxygen atoms in total. The van der Waals surface area contributed by atoms with Crippen molar-refractivity contribution in [1.82, 2.24) is 4.90 Å². The molecule has 0 saturated heterocycles. The summed E-state index contributed by atoms with van der Waals surface area (Å²) in [5.41, 5.74) is 2.87. The highest BCUT2D eigenvalue weighted by atomic mass is 16.2. The average molecular weight is 295 g/mol. The van der Waals surface area contributed by atoms with Gasteiger partial charge in [-0.25, -0.2) is 0 Å². The predicted molar refractivity (Wildman–Crippen MR) is 88.5 cm³/mol. The molecule has 3 aliphatic carbocycles. The standard InChI is InChI=1S/C20H25NO/c22-20(14-15-6-1-2-7-15)21(17-12-13-17)19-11-5-9-16-8-3-4-10-18(16)19/h1,3-4,6,8,10,15,17,19H,2,5,7,9,11-14H2. The van der Waals surface area contributed by atoms with Gasteiger partial charge in [0.1, 0.15) is 0 Å². The van der Waals surface area contributed by atoms with Crippen LogP contribution < -0.4 is 0 Å². The molecule has 2 unspecified atom stereocenters. The minimum Gasteiger partial charge on any atom is -0.333 e. The molecule has 1 fully saturated rings. The lowest BCUT2D eigenvalue weighted by atomic mass is 9.86. The largest absolute Gasteiger partial charge is 0.333 e. The zero-order valence-electron chi connectivity index (χ0n) is 13.2. The van der Waals surface area contributed by atoms with Gasteiger partial charge in [0, 0.05) is 12.5 Å². The molecule has 2 atom stereocenters. The SMILES string of the molecule is O=C(CC1C=CCC1)N(C1CC1)C1CCCc2ccccc21. The van der Waals surface area contributed by atoms with Crippen LogP contribution in [0.2, 0.25) is 0 Å². The summed E-state index contributed by atoms with van der Waals surface area (Å²) >= 11 is 0. The van der Waals surface area contributed by atoms with E-state index in [2.05, 4.69) is 41.3 Å². The Morgan fingerprint density at radius 2 is 2.00 bits per heavy atom. The van der Waals surface area contributed by atoms with E-state index in [1.54, 1.807) is 0 Å². The Hall–Kier alpha value is -1.57. The van der Waals surface area contributed by atoms with Gasteiger partial charge in [-0.15, -0.1) is 0 Å². The van der Waals surface area contributed by atoms with Crippen molar-refractivity contribution in [3.8, 4) is 0 Å². The third kappa shape index (κ3) is 2.71. The third-order valence-electron chi connectivity index (χ3n) is 5.45. The summed E-state index contributed by atoms with van der Waals surface area (Å²) in [7, 11) is 0. The Kier molecular flexibility index (Phi) is 3.77. The average Bonchev–Trinajstić information content (AvgIpc) is 3.24. The molecule has 22 heavy (non-hydrogen) atoms. The van der Waals surface area contributed by atoms with Gasteiger partial charge >= 0.3 is 0 Å². The summed E-state index contributed by atoms with van der Waals surface area (Å²) in [6.45, 7) is 0. The van der Waals surface area contributed by atoms with Crippen molar-refractivity contribution in [2.45, 2.75) is 63.5 Å². The smallest absolute Gasteiger partial charge is 0.223 e. The van der Waals surface area contributed by atoms with E-state index in [0.29, 0.717) is 30.3 Å². The van der Waals surface area contributed by atoms with Crippen molar-refractivity contribution < 1.29 is 4.79 Å². The lowest BCUT2D eigenvalue weighted by Crippen LogP contribution is -2.39. The Morgan fingerprint density at radius 3 is 2.77 bits per heavy atom. The van der Waals surface area contributed by atoms with Crippen LogP contribution in [0, 0.1) is 5.92 Å². The summed E-state index contributed by atoms with van der Waals surface area (Å²) in [6, 6.07) is 9.60. The molecule has 1 aromatic rings. The second kappa shape index (κ2) is 5.91. The number of benzene rings is 1. The van der Waals surface area contributed by atoms with Crippen LogP contribution in [0.15, 0.2) is 36.4 Å². The lowest BCUT2D eigenvalue weighted by Gasteiger charge is -2.36. The van der Waals surface area contributed by atoms with E-state index in [0.717, 1.165) is 19.3 Å². The van der Waals surface area contributed by atoms with Crippen LogP contribution >= 0.6 is 0 Å². The quantitative estimate of drug-likeness (QED) is 0.753. The fourth-order valence-electron chi connectivity index (χ4n) is 4.20. The highest BCUT2D eigenvalue weighted by Gasteiger charge is 2.39. The molecule has 0 bridgehead atoms. The molecule has 2 heteroatoms. The van der Waals surface area contributed by atoms with E-state index < -0.39 is 0 Å². The van der Waals surface area contributed by atoms with Crippen molar-refractivity contribution in [2.24, 2.45) is 5.92 Å². The Balaban J connectivity index is 1.57. The van der Waals surface area contributed by atoms with Gasteiger partial charge in [-0.3, -0.25) is 4.79 Å². The Morgan fingerprint density at radius 1 is 1.14 bits per heavy atom. The number of hydrogen-bond acceptors (Lipinski definition) is 1. The number of aryl methyl sites for hydroxylation is 1. The van der Waals surface area contributed by atoms with Crippen molar-refractivity contribution in [3.05, 3.63) is 47.5 Å². The van der Waals surface area contributed by atoms with Crippen molar-refractivity contribution in [2.75, 3.05) is 0 Å². The third-order valence-corrected chi connectivity index (χ3v) is 5.45. The molecule has 0 radical (unpaired) electrons. The second-order valence-corrected chi connectivity index (χ2v) is 7.11. The molecule has 116 valence electrons. The summed E-state index contributed by atoms with van der Waals surface area (Å²) in [5.74, 6) is 0.869. The van der Waals surface area contributed by atoms with Crippen LogP contribution in [0.5, 0.6) is 0 Å². The minimum absolute atomic E-state index is 0.329. The molecule has 0 heterocycles. The van der Waals surface area contributed by atoms with Crippen molar-refractivity contribution in [1.29, 1.82) is 0 Å². The highest BCUT2D eigenvalue weighted by molar-refractivity contribution is 5.78.